The van der Waals surface area contributed by atoms with Crippen LogP contribution in [0.25, 0.3) is 22.0 Å². The molecule has 0 fully saturated rings. The van der Waals surface area contributed by atoms with E-state index in [1.165, 1.54) is 12.1 Å². The number of hydrogen-bond donors (Lipinski definition) is 2. The van der Waals surface area contributed by atoms with E-state index in [2.05, 4.69) is 15.5 Å². The first kappa shape index (κ1) is 18.9. The van der Waals surface area contributed by atoms with Crippen molar-refractivity contribution in [3.8, 4) is 11.1 Å². The molecule has 0 aliphatic carbocycles. The Labute approximate surface area is 166 Å². The lowest BCUT2D eigenvalue weighted by atomic mass is 10.0. The van der Waals surface area contributed by atoms with Crippen molar-refractivity contribution in [3.63, 3.8) is 0 Å². The number of hydrogen-bond acceptors (Lipinski definition) is 2. The van der Waals surface area contributed by atoms with Crippen LogP contribution in [0.4, 0.5) is 23.4 Å². The Morgan fingerprint density at radius 1 is 0.897 bits per heavy atom. The Bertz CT molecular complexity index is 1270. The van der Waals surface area contributed by atoms with Crippen molar-refractivity contribution < 1.29 is 22.4 Å². The Hall–Kier alpha value is -3.39. The number of aromatic nitrogens is 2. The van der Waals surface area contributed by atoms with Crippen molar-refractivity contribution in [2.75, 3.05) is 5.32 Å². The molecular formula is C20H10ClF4N3O. The van der Waals surface area contributed by atoms with Crippen LogP contribution >= 0.6 is 11.6 Å². The normalized spacial score (nSPS) is 11.1. The largest absolute Gasteiger partial charge is 0.304 e. The van der Waals surface area contributed by atoms with Gasteiger partial charge in [-0.15, -0.1) is 0 Å². The fourth-order valence-corrected chi connectivity index (χ4v) is 3.06. The molecule has 0 saturated heterocycles. The molecule has 0 atom stereocenters. The zero-order valence-corrected chi connectivity index (χ0v) is 15.1. The number of rotatable bonds is 3. The number of carbonyl (C=O) groups is 1. The second kappa shape index (κ2) is 7.21. The first-order chi connectivity index (χ1) is 13.8. The van der Waals surface area contributed by atoms with Gasteiger partial charge in [-0.25, -0.2) is 17.6 Å². The number of nitrogens with zero attached hydrogens (tertiary/aromatic N) is 1. The van der Waals surface area contributed by atoms with Crippen LogP contribution in [0.15, 0.2) is 48.5 Å². The third kappa shape index (κ3) is 3.42. The van der Waals surface area contributed by atoms with Crippen LogP contribution in [0, 0.1) is 23.3 Å². The summed E-state index contributed by atoms with van der Waals surface area (Å²) in [6.07, 6.45) is 0. The van der Waals surface area contributed by atoms with Gasteiger partial charge in [0.2, 0.25) is 0 Å². The van der Waals surface area contributed by atoms with Crippen molar-refractivity contribution >= 4 is 34.2 Å². The molecule has 0 bridgehead atoms. The number of carbonyl (C=O) groups excluding carboxylic acids is 1. The fraction of sp³-hybridized carbons (Fsp3) is 0. The van der Waals surface area contributed by atoms with Crippen molar-refractivity contribution in [1.82, 2.24) is 10.2 Å². The van der Waals surface area contributed by atoms with E-state index in [9.17, 15) is 22.4 Å². The number of anilines is 1. The van der Waals surface area contributed by atoms with Crippen LogP contribution in [0.5, 0.6) is 0 Å². The summed E-state index contributed by atoms with van der Waals surface area (Å²) in [6, 6.07) is 10.5. The minimum Gasteiger partial charge on any atom is -0.304 e. The standard InChI is InChI=1S/C20H10ClF4N3O/c21-12-7-9(2-4-13(12)22)10-1-3-11-16(8-10)27-28-19(11)26-20(29)17-14(23)5-6-15(24)18(17)25/h1-8H,(H2,26,27,28,29). The van der Waals surface area contributed by atoms with Crippen LogP contribution in [-0.2, 0) is 0 Å². The number of H-pyrrole nitrogens is 1. The van der Waals surface area contributed by atoms with Crippen LogP contribution < -0.4 is 5.32 Å². The summed E-state index contributed by atoms with van der Waals surface area (Å²) < 4.78 is 54.3. The Morgan fingerprint density at radius 2 is 1.55 bits per heavy atom. The van der Waals surface area contributed by atoms with Gasteiger partial charge in [0, 0.05) is 5.39 Å². The van der Waals surface area contributed by atoms with E-state index in [1.54, 1.807) is 24.3 Å². The van der Waals surface area contributed by atoms with Gasteiger partial charge in [-0.05, 0) is 47.5 Å². The van der Waals surface area contributed by atoms with Crippen LogP contribution in [-0.4, -0.2) is 16.1 Å². The molecule has 1 amide bonds. The zero-order valence-electron chi connectivity index (χ0n) is 14.4. The number of amides is 1. The van der Waals surface area contributed by atoms with Gasteiger partial charge < -0.3 is 5.32 Å². The number of aromatic amines is 1. The highest BCUT2D eigenvalue weighted by atomic mass is 35.5. The van der Waals surface area contributed by atoms with Crippen LogP contribution in [0.2, 0.25) is 5.02 Å². The SMILES string of the molecule is O=C(Nc1n[nH]c2cc(-c3ccc(F)c(Cl)c3)ccc12)c1c(F)ccc(F)c1F. The molecule has 0 saturated carbocycles. The van der Waals surface area contributed by atoms with Gasteiger partial charge in [-0.3, -0.25) is 9.89 Å². The van der Waals surface area contributed by atoms with Crippen molar-refractivity contribution in [2.45, 2.75) is 0 Å². The molecule has 146 valence electrons. The molecule has 0 aliphatic heterocycles. The van der Waals surface area contributed by atoms with Crippen LogP contribution in [0.3, 0.4) is 0 Å². The molecule has 0 radical (unpaired) electrons. The number of halogens is 5. The third-order valence-corrected chi connectivity index (χ3v) is 4.61. The summed E-state index contributed by atoms with van der Waals surface area (Å²) in [5.41, 5.74) is 0.808. The summed E-state index contributed by atoms with van der Waals surface area (Å²) in [5, 5.41) is 9.31. The molecule has 4 nitrogen and oxygen atoms in total. The van der Waals surface area contributed by atoms with Gasteiger partial charge in [0.1, 0.15) is 17.2 Å². The van der Waals surface area contributed by atoms with Gasteiger partial charge in [-0.1, -0.05) is 23.7 Å². The summed E-state index contributed by atoms with van der Waals surface area (Å²) in [7, 11) is 0. The molecule has 0 unspecified atom stereocenters. The van der Waals surface area contributed by atoms with E-state index >= 15 is 0 Å². The monoisotopic (exact) mass is 419 g/mol. The van der Waals surface area contributed by atoms with Gasteiger partial charge >= 0.3 is 0 Å². The maximum absolute atomic E-state index is 13.8. The van der Waals surface area contributed by atoms with Gasteiger partial charge in [0.05, 0.1) is 10.5 Å². The minimum atomic E-state index is -1.59. The van der Waals surface area contributed by atoms with Gasteiger partial charge in [-0.2, -0.15) is 5.10 Å². The summed E-state index contributed by atoms with van der Waals surface area (Å²) in [6.45, 7) is 0. The Morgan fingerprint density at radius 3 is 2.31 bits per heavy atom. The first-order valence-corrected chi connectivity index (χ1v) is 8.61. The van der Waals surface area contributed by atoms with Gasteiger partial charge in [0.15, 0.2) is 17.5 Å². The van der Waals surface area contributed by atoms with E-state index in [0.29, 0.717) is 34.2 Å². The highest BCUT2D eigenvalue weighted by Crippen LogP contribution is 2.30. The third-order valence-electron chi connectivity index (χ3n) is 4.32. The minimum absolute atomic E-state index is 0.0109. The highest BCUT2D eigenvalue weighted by molar-refractivity contribution is 6.31. The Balaban J connectivity index is 1.67. The quantitative estimate of drug-likeness (QED) is 0.331. The molecule has 9 heteroatoms. The van der Waals surface area contributed by atoms with E-state index in [1.807, 2.05) is 0 Å². The van der Waals surface area contributed by atoms with Crippen molar-refractivity contribution in [1.29, 1.82) is 0 Å². The smallest absolute Gasteiger partial charge is 0.262 e. The second-order valence-corrected chi connectivity index (χ2v) is 6.54. The van der Waals surface area contributed by atoms with E-state index in [4.69, 9.17) is 11.6 Å². The molecule has 4 aromatic rings. The lowest BCUT2D eigenvalue weighted by molar-refractivity contribution is 0.101. The Kier molecular flexibility index (Phi) is 4.71. The summed E-state index contributed by atoms with van der Waals surface area (Å²) >= 11 is 5.81. The molecule has 1 heterocycles. The lowest BCUT2D eigenvalue weighted by Gasteiger charge is -2.06. The highest BCUT2D eigenvalue weighted by Gasteiger charge is 2.22. The van der Waals surface area contributed by atoms with Crippen molar-refractivity contribution in [2.24, 2.45) is 0 Å². The predicted octanol–water partition coefficient (Wildman–Crippen LogP) is 5.69. The zero-order chi connectivity index (χ0) is 20.7. The first-order valence-electron chi connectivity index (χ1n) is 8.23. The molecule has 4 rings (SSSR count). The lowest BCUT2D eigenvalue weighted by Crippen LogP contribution is -2.17. The number of fused-ring (bicyclic) bond motifs is 1. The maximum atomic E-state index is 13.8. The number of nitrogens with one attached hydrogen (secondary N) is 2. The fourth-order valence-electron chi connectivity index (χ4n) is 2.88. The molecule has 29 heavy (non-hydrogen) atoms. The van der Waals surface area contributed by atoms with Crippen LogP contribution in [0.1, 0.15) is 10.4 Å². The van der Waals surface area contributed by atoms with E-state index < -0.39 is 34.7 Å². The molecule has 1 aromatic heterocycles. The van der Waals surface area contributed by atoms with E-state index in [0.717, 1.165) is 0 Å². The topological polar surface area (TPSA) is 57.8 Å². The predicted molar refractivity (Wildman–Crippen MR) is 101 cm³/mol. The molecule has 0 spiro atoms. The molecular weight excluding hydrogens is 410 g/mol. The molecule has 0 aliphatic rings. The number of benzene rings is 3. The second-order valence-electron chi connectivity index (χ2n) is 6.13. The summed E-state index contributed by atoms with van der Waals surface area (Å²) in [5.74, 6) is -5.83. The van der Waals surface area contributed by atoms with E-state index in [-0.39, 0.29) is 10.8 Å². The average molecular weight is 420 g/mol. The maximum Gasteiger partial charge on any atom is 0.262 e. The average Bonchev–Trinajstić information content (AvgIpc) is 3.09. The summed E-state index contributed by atoms with van der Waals surface area (Å²) in [4.78, 5) is 12.2. The van der Waals surface area contributed by atoms with Crippen molar-refractivity contribution in [3.05, 3.63) is 82.4 Å². The molecule has 3 aromatic carbocycles. The molecule has 2 N–H and O–H groups in total. The van der Waals surface area contributed by atoms with Gasteiger partial charge in [0.25, 0.3) is 5.91 Å².